The minimum Gasteiger partial charge on any atom is -0.465 e. The minimum atomic E-state index is -1.08. The first-order valence-corrected chi connectivity index (χ1v) is 14.0. The van der Waals surface area contributed by atoms with E-state index in [0.717, 1.165) is 10.6 Å². The highest BCUT2D eigenvalue weighted by atomic mass is 35.5. The van der Waals surface area contributed by atoms with Crippen molar-refractivity contribution in [3.63, 3.8) is 0 Å². The number of halogens is 2. The van der Waals surface area contributed by atoms with Gasteiger partial charge in [0, 0.05) is 41.4 Å². The molecule has 3 atom stereocenters. The van der Waals surface area contributed by atoms with E-state index in [1.54, 1.807) is 43.5 Å². The van der Waals surface area contributed by atoms with Gasteiger partial charge in [0.25, 0.3) is 11.8 Å². The first-order valence-electron chi connectivity index (χ1n) is 13.7. The number of hydrogen-bond donors (Lipinski definition) is 1. The van der Waals surface area contributed by atoms with Crippen molar-refractivity contribution in [2.45, 2.75) is 33.6 Å². The maximum absolute atomic E-state index is 15.9. The van der Waals surface area contributed by atoms with Gasteiger partial charge >= 0.3 is 6.09 Å². The molecule has 2 aromatic carbocycles. The summed E-state index contributed by atoms with van der Waals surface area (Å²) in [5.41, 5.74) is 2.90. The van der Waals surface area contributed by atoms with E-state index in [4.69, 9.17) is 16.6 Å². The van der Waals surface area contributed by atoms with Crippen LogP contribution in [0.4, 0.5) is 20.7 Å². The van der Waals surface area contributed by atoms with Crippen LogP contribution in [-0.2, 0) is 0 Å². The maximum Gasteiger partial charge on any atom is 0.411 e. The standard InChI is InChI=1S/C32H26ClFN4O4/c1-14-19(11-36-27-23-21(24(23)32(2,3)4)13-37(28(14)27)31(41)42)18-9-15-10-22(35-12-20(15)25(33)26(18)34)38-29(39)16-7-5-6-8-17(16)30(38)40/h5-12,21,23-24H,13H2,1-4H3,(H,41,42). The second kappa shape index (κ2) is 8.82. The fourth-order valence-electron chi connectivity index (χ4n) is 7.03. The molecule has 3 unspecified atom stereocenters. The number of imide groups is 1. The smallest absolute Gasteiger partial charge is 0.411 e. The average Bonchev–Trinajstić information content (AvgIpc) is 3.65. The number of benzene rings is 2. The number of hydrogen-bond acceptors (Lipinski definition) is 5. The van der Waals surface area contributed by atoms with Crippen molar-refractivity contribution in [3.8, 4) is 11.1 Å². The number of anilines is 2. The van der Waals surface area contributed by atoms with Crippen molar-refractivity contribution in [2.24, 2.45) is 17.3 Å². The summed E-state index contributed by atoms with van der Waals surface area (Å²) < 4.78 is 15.9. The van der Waals surface area contributed by atoms with Gasteiger partial charge in [-0.2, -0.15) is 0 Å². The Hall–Kier alpha value is -4.37. The van der Waals surface area contributed by atoms with E-state index < -0.39 is 23.7 Å². The van der Waals surface area contributed by atoms with Crippen LogP contribution in [0.3, 0.4) is 0 Å². The van der Waals surface area contributed by atoms with Gasteiger partial charge in [0.1, 0.15) is 11.6 Å². The first kappa shape index (κ1) is 26.5. The molecule has 0 radical (unpaired) electrons. The molecule has 10 heteroatoms. The Kier molecular flexibility index (Phi) is 5.57. The predicted molar refractivity (Wildman–Crippen MR) is 157 cm³/mol. The van der Waals surface area contributed by atoms with Crippen LogP contribution < -0.4 is 9.80 Å². The molecule has 42 heavy (non-hydrogen) atoms. The van der Waals surface area contributed by atoms with Crippen LogP contribution in [0.5, 0.6) is 0 Å². The fourth-order valence-corrected chi connectivity index (χ4v) is 7.29. The SMILES string of the molecule is Cc1c(-c2cc3cc(N4C(=O)c5ccccc5C4=O)ncc3c(Cl)c2F)cnc2c1N(C(=O)O)CC1C2C1C(C)(C)C. The Morgan fingerprint density at radius 3 is 2.31 bits per heavy atom. The molecule has 2 aliphatic heterocycles. The predicted octanol–water partition coefficient (Wildman–Crippen LogP) is 7.07. The molecule has 1 fully saturated rings. The number of pyridine rings is 2. The van der Waals surface area contributed by atoms with Crippen molar-refractivity contribution in [1.29, 1.82) is 0 Å². The zero-order valence-corrected chi connectivity index (χ0v) is 24.0. The van der Waals surface area contributed by atoms with E-state index in [1.807, 2.05) is 0 Å². The Morgan fingerprint density at radius 2 is 1.69 bits per heavy atom. The number of carbonyl (C=O) groups excluding carboxylic acids is 2. The zero-order valence-electron chi connectivity index (χ0n) is 23.3. The molecule has 1 saturated carbocycles. The van der Waals surface area contributed by atoms with Crippen molar-refractivity contribution < 1.29 is 23.9 Å². The van der Waals surface area contributed by atoms with E-state index in [-0.39, 0.29) is 44.8 Å². The van der Waals surface area contributed by atoms with E-state index in [1.165, 1.54) is 17.2 Å². The molecule has 1 N–H and O–H groups in total. The van der Waals surface area contributed by atoms with Crippen LogP contribution in [0.1, 0.15) is 58.7 Å². The summed E-state index contributed by atoms with van der Waals surface area (Å²) in [6, 6.07) is 9.63. The molecule has 0 saturated heterocycles. The number of rotatable bonds is 2. The Labute approximate surface area is 245 Å². The van der Waals surface area contributed by atoms with Gasteiger partial charge in [0.15, 0.2) is 0 Å². The van der Waals surface area contributed by atoms with Crippen LogP contribution in [0, 0.1) is 30.0 Å². The lowest BCUT2D eigenvalue weighted by Gasteiger charge is -2.28. The van der Waals surface area contributed by atoms with Crippen LogP contribution in [0.2, 0.25) is 5.02 Å². The summed E-state index contributed by atoms with van der Waals surface area (Å²) in [5.74, 6) is -0.977. The number of fused-ring (bicyclic) bond motifs is 5. The van der Waals surface area contributed by atoms with E-state index in [2.05, 4.69) is 25.8 Å². The van der Waals surface area contributed by atoms with E-state index in [0.29, 0.717) is 40.0 Å². The fraction of sp³-hybridized carbons (Fsp3) is 0.281. The second-order valence-corrected chi connectivity index (χ2v) is 12.7. The van der Waals surface area contributed by atoms with Crippen LogP contribution >= 0.6 is 11.6 Å². The van der Waals surface area contributed by atoms with Gasteiger partial charge in [0.2, 0.25) is 0 Å². The van der Waals surface area contributed by atoms with Gasteiger partial charge in [0.05, 0.1) is 27.5 Å². The van der Waals surface area contributed by atoms with Crippen molar-refractivity contribution >= 4 is 51.8 Å². The summed E-state index contributed by atoms with van der Waals surface area (Å²) in [4.78, 5) is 49.8. The Balaban J connectivity index is 1.36. The first-order chi connectivity index (χ1) is 19.9. The quantitative estimate of drug-likeness (QED) is 0.253. The molecule has 212 valence electrons. The molecular weight excluding hydrogens is 559 g/mol. The molecule has 1 aliphatic carbocycles. The molecule has 3 aliphatic rings. The van der Waals surface area contributed by atoms with E-state index >= 15 is 4.39 Å². The monoisotopic (exact) mass is 584 g/mol. The van der Waals surface area contributed by atoms with Gasteiger partial charge in [-0.05, 0) is 59.4 Å². The molecule has 4 aromatic rings. The largest absolute Gasteiger partial charge is 0.465 e. The lowest BCUT2D eigenvalue weighted by molar-refractivity contribution is 0.0925. The number of carboxylic acid groups (broad SMARTS) is 1. The number of aromatic nitrogens is 2. The van der Waals surface area contributed by atoms with Gasteiger partial charge in [-0.25, -0.2) is 19.1 Å². The number of amides is 3. The molecular formula is C32H26ClFN4O4. The van der Waals surface area contributed by atoms with E-state index in [9.17, 15) is 19.5 Å². The third kappa shape index (κ3) is 3.62. The lowest BCUT2D eigenvalue weighted by Crippen LogP contribution is -2.36. The summed E-state index contributed by atoms with van der Waals surface area (Å²) in [5, 5.41) is 10.7. The third-order valence-electron chi connectivity index (χ3n) is 8.91. The summed E-state index contributed by atoms with van der Waals surface area (Å²) >= 11 is 6.51. The summed E-state index contributed by atoms with van der Waals surface area (Å²) in [7, 11) is 0. The average molecular weight is 585 g/mol. The maximum atomic E-state index is 15.9. The lowest BCUT2D eigenvalue weighted by atomic mass is 9.87. The van der Waals surface area contributed by atoms with Crippen LogP contribution in [0.25, 0.3) is 21.9 Å². The van der Waals surface area contributed by atoms with Crippen molar-refractivity contribution in [3.05, 3.63) is 82.0 Å². The topological polar surface area (TPSA) is 104 Å². The second-order valence-electron chi connectivity index (χ2n) is 12.3. The highest BCUT2D eigenvalue weighted by molar-refractivity contribution is 6.37. The van der Waals surface area contributed by atoms with Gasteiger partial charge < -0.3 is 5.11 Å². The van der Waals surface area contributed by atoms with Crippen molar-refractivity contribution in [1.82, 2.24) is 9.97 Å². The summed E-state index contributed by atoms with van der Waals surface area (Å²) in [6.45, 7) is 8.59. The molecule has 3 amide bonds. The highest BCUT2D eigenvalue weighted by Crippen LogP contribution is 2.66. The Morgan fingerprint density at radius 1 is 1.02 bits per heavy atom. The molecule has 0 bridgehead atoms. The molecule has 4 heterocycles. The van der Waals surface area contributed by atoms with Crippen LogP contribution in [0.15, 0.2) is 48.8 Å². The van der Waals surface area contributed by atoms with Gasteiger partial charge in [-0.1, -0.05) is 44.5 Å². The third-order valence-corrected chi connectivity index (χ3v) is 9.28. The molecule has 2 aromatic heterocycles. The zero-order chi connectivity index (χ0) is 29.8. The molecule has 0 spiro atoms. The van der Waals surface area contributed by atoms with Crippen LogP contribution in [-0.4, -0.2) is 39.5 Å². The highest BCUT2D eigenvalue weighted by Gasteiger charge is 2.61. The minimum absolute atomic E-state index is 0.0153. The number of nitrogens with zero attached hydrogens (tertiary/aromatic N) is 4. The Bertz CT molecular complexity index is 1870. The van der Waals surface area contributed by atoms with Crippen molar-refractivity contribution in [2.75, 3.05) is 16.3 Å². The molecule has 7 rings (SSSR count). The molecule has 8 nitrogen and oxygen atoms in total. The number of carbonyl (C=O) groups is 3. The summed E-state index contributed by atoms with van der Waals surface area (Å²) in [6.07, 6.45) is 1.85. The normalized spacial score (nSPS) is 21.0. The van der Waals surface area contributed by atoms with Gasteiger partial charge in [-0.15, -0.1) is 0 Å². The van der Waals surface area contributed by atoms with Gasteiger partial charge in [-0.3, -0.25) is 19.5 Å².